The lowest BCUT2D eigenvalue weighted by atomic mass is 10.1. The van der Waals surface area contributed by atoms with E-state index in [2.05, 4.69) is 0 Å². The van der Waals surface area contributed by atoms with Crippen LogP contribution in [0.15, 0.2) is 70.0 Å². The van der Waals surface area contributed by atoms with Gasteiger partial charge in [-0.25, -0.2) is 9.18 Å². The van der Waals surface area contributed by atoms with Crippen molar-refractivity contribution in [3.63, 3.8) is 0 Å². The first-order valence-electron chi connectivity index (χ1n) is 8.85. The molecule has 150 valence electrons. The number of hydrogen-bond acceptors (Lipinski definition) is 5. The van der Waals surface area contributed by atoms with Gasteiger partial charge in [-0.1, -0.05) is 30.3 Å². The number of imide groups is 1. The molecule has 1 aromatic heterocycles. The van der Waals surface area contributed by atoms with Crippen molar-refractivity contribution in [1.29, 1.82) is 0 Å². The second-order valence-corrected chi connectivity index (χ2v) is 7.44. The van der Waals surface area contributed by atoms with Gasteiger partial charge < -0.3 is 9.52 Å². The fraction of sp³-hybridized carbons (Fsp3) is 0.0455. The van der Waals surface area contributed by atoms with E-state index < -0.39 is 22.9 Å². The number of thioether (sulfide) groups is 1. The van der Waals surface area contributed by atoms with E-state index in [1.54, 1.807) is 30.3 Å². The molecule has 30 heavy (non-hydrogen) atoms. The largest absolute Gasteiger partial charge is 0.478 e. The highest BCUT2D eigenvalue weighted by atomic mass is 32.2. The number of aromatic carboxylic acids is 1. The second kappa shape index (κ2) is 8.00. The highest BCUT2D eigenvalue weighted by Gasteiger charge is 2.35. The van der Waals surface area contributed by atoms with Crippen molar-refractivity contribution in [1.82, 2.24) is 4.90 Å². The zero-order chi connectivity index (χ0) is 21.3. The molecule has 0 unspecified atom stereocenters. The summed E-state index contributed by atoms with van der Waals surface area (Å²) in [6.07, 6.45) is 1.45. The van der Waals surface area contributed by atoms with Crippen LogP contribution >= 0.6 is 11.8 Å². The van der Waals surface area contributed by atoms with E-state index in [1.807, 2.05) is 0 Å². The van der Waals surface area contributed by atoms with E-state index in [9.17, 15) is 23.9 Å². The third-order valence-electron chi connectivity index (χ3n) is 4.45. The molecule has 0 radical (unpaired) electrons. The zero-order valence-corrected chi connectivity index (χ0v) is 16.2. The smallest absolute Gasteiger partial charge is 0.336 e. The first kappa shape index (κ1) is 19.7. The van der Waals surface area contributed by atoms with Crippen LogP contribution in [0.1, 0.15) is 21.7 Å². The van der Waals surface area contributed by atoms with Crippen molar-refractivity contribution < 1.29 is 28.3 Å². The monoisotopic (exact) mass is 423 g/mol. The van der Waals surface area contributed by atoms with Gasteiger partial charge >= 0.3 is 5.97 Å². The molecule has 8 heteroatoms. The number of hydrogen-bond donors (Lipinski definition) is 1. The SMILES string of the molecule is O=C(O)c1ccccc1-c1ccc(/C=C2\SC(=O)N(Cc3ccc(F)cc3)C2=O)o1. The van der Waals surface area contributed by atoms with Gasteiger partial charge in [0.2, 0.25) is 0 Å². The first-order chi connectivity index (χ1) is 14.4. The van der Waals surface area contributed by atoms with Gasteiger partial charge in [-0.3, -0.25) is 14.5 Å². The van der Waals surface area contributed by atoms with Crippen LogP contribution in [0.4, 0.5) is 9.18 Å². The molecule has 1 saturated heterocycles. The minimum Gasteiger partial charge on any atom is -0.478 e. The van der Waals surface area contributed by atoms with Gasteiger partial charge in [0.1, 0.15) is 17.3 Å². The number of carboxylic acid groups (broad SMARTS) is 1. The number of nitrogens with zero attached hydrogens (tertiary/aromatic N) is 1. The van der Waals surface area contributed by atoms with E-state index in [4.69, 9.17) is 4.42 Å². The number of benzene rings is 2. The molecule has 2 amide bonds. The highest BCUT2D eigenvalue weighted by molar-refractivity contribution is 8.18. The predicted octanol–water partition coefficient (Wildman–Crippen LogP) is 5.02. The lowest BCUT2D eigenvalue weighted by molar-refractivity contribution is -0.123. The van der Waals surface area contributed by atoms with Crippen LogP contribution in [-0.4, -0.2) is 27.1 Å². The quantitative estimate of drug-likeness (QED) is 0.580. The summed E-state index contributed by atoms with van der Waals surface area (Å²) in [5.74, 6) is -1.29. The first-order valence-corrected chi connectivity index (χ1v) is 9.66. The van der Waals surface area contributed by atoms with E-state index in [0.29, 0.717) is 22.6 Å². The van der Waals surface area contributed by atoms with Gasteiger partial charge in [-0.05, 0) is 47.7 Å². The van der Waals surface area contributed by atoms with Crippen LogP contribution in [0.5, 0.6) is 0 Å². The number of carboxylic acids is 1. The maximum atomic E-state index is 13.0. The normalized spacial score (nSPS) is 15.2. The molecule has 1 N–H and O–H groups in total. The second-order valence-electron chi connectivity index (χ2n) is 6.45. The Balaban J connectivity index is 1.56. The summed E-state index contributed by atoms with van der Waals surface area (Å²) in [6, 6.07) is 15.2. The summed E-state index contributed by atoms with van der Waals surface area (Å²) in [7, 11) is 0. The van der Waals surface area contributed by atoms with Crippen molar-refractivity contribution >= 4 is 35.0 Å². The molecule has 1 aliphatic rings. The molecule has 4 rings (SSSR count). The molecule has 0 saturated carbocycles. The van der Waals surface area contributed by atoms with Crippen LogP contribution in [0, 0.1) is 5.82 Å². The Hall–Kier alpha value is -3.65. The minimum absolute atomic E-state index is 0.0394. The molecule has 0 bridgehead atoms. The number of furan rings is 1. The molecular weight excluding hydrogens is 409 g/mol. The van der Waals surface area contributed by atoms with Gasteiger partial charge in [0.25, 0.3) is 11.1 Å². The van der Waals surface area contributed by atoms with Gasteiger partial charge in [-0.2, -0.15) is 0 Å². The van der Waals surface area contributed by atoms with Gasteiger partial charge in [0.05, 0.1) is 17.0 Å². The van der Waals surface area contributed by atoms with Crippen LogP contribution in [-0.2, 0) is 11.3 Å². The average molecular weight is 423 g/mol. The van der Waals surface area contributed by atoms with E-state index in [-0.39, 0.29) is 17.0 Å². The number of carbonyl (C=O) groups is 3. The molecule has 1 aliphatic heterocycles. The number of carbonyl (C=O) groups excluding carboxylic acids is 2. The molecule has 1 fully saturated rings. The molecule has 6 nitrogen and oxygen atoms in total. The summed E-state index contributed by atoms with van der Waals surface area (Å²) in [4.78, 5) is 37.6. The molecule has 0 atom stereocenters. The maximum Gasteiger partial charge on any atom is 0.336 e. The lowest BCUT2D eigenvalue weighted by Gasteiger charge is -2.12. The Kier molecular flexibility index (Phi) is 5.24. The topological polar surface area (TPSA) is 87.8 Å². The van der Waals surface area contributed by atoms with E-state index in [0.717, 1.165) is 16.7 Å². The van der Waals surface area contributed by atoms with Crippen molar-refractivity contribution in [3.8, 4) is 11.3 Å². The molecule has 0 spiro atoms. The third kappa shape index (κ3) is 3.90. The van der Waals surface area contributed by atoms with Crippen molar-refractivity contribution in [2.24, 2.45) is 0 Å². The zero-order valence-electron chi connectivity index (χ0n) is 15.4. The van der Waals surface area contributed by atoms with Crippen LogP contribution < -0.4 is 0 Å². The lowest BCUT2D eigenvalue weighted by Crippen LogP contribution is -2.27. The highest BCUT2D eigenvalue weighted by Crippen LogP contribution is 2.34. The summed E-state index contributed by atoms with van der Waals surface area (Å²) < 4.78 is 18.7. The summed E-state index contributed by atoms with van der Waals surface area (Å²) in [6.45, 7) is 0.0394. The van der Waals surface area contributed by atoms with Crippen molar-refractivity contribution in [3.05, 3.63) is 88.3 Å². The van der Waals surface area contributed by atoms with E-state index in [1.165, 1.54) is 36.4 Å². The molecule has 3 aromatic rings. The fourth-order valence-electron chi connectivity index (χ4n) is 3.00. The minimum atomic E-state index is -1.08. The summed E-state index contributed by atoms with van der Waals surface area (Å²) >= 11 is 0.782. The average Bonchev–Trinajstić information content (AvgIpc) is 3.30. The Morgan fingerprint density at radius 2 is 1.80 bits per heavy atom. The Labute approximate surface area is 174 Å². The summed E-state index contributed by atoms with van der Waals surface area (Å²) in [5, 5.41) is 8.90. The van der Waals surface area contributed by atoms with Gasteiger partial charge in [0.15, 0.2) is 0 Å². The fourth-order valence-corrected chi connectivity index (χ4v) is 3.82. The third-order valence-corrected chi connectivity index (χ3v) is 5.36. The van der Waals surface area contributed by atoms with E-state index >= 15 is 0 Å². The Morgan fingerprint density at radius 3 is 2.53 bits per heavy atom. The molecule has 2 heterocycles. The van der Waals surface area contributed by atoms with Gasteiger partial charge in [0, 0.05) is 11.6 Å². The van der Waals surface area contributed by atoms with Crippen LogP contribution in [0.25, 0.3) is 17.4 Å². The van der Waals surface area contributed by atoms with Crippen molar-refractivity contribution in [2.45, 2.75) is 6.54 Å². The standard InChI is InChI=1S/C22H14FNO5S/c23-14-7-5-13(6-8-14)12-24-20(25)19(30-22(24)28)11-15-9-10-18(29-15)16-3-1-2-4-17(16)21(26)27/h1-11H,12H2,(H,26,27)/b19-11-. The van der Waals surface area contributed by atoms with Crippen LogP contribution in [0.3, 0.4) is 0 Å². The van der Waals surface area contributed by atoms with Crippen LogP contribution in [0.2, 0.25) is 0 Å². The Morgan fingerprint density at radius 1 is 1.07 bits per heavy atom. The molecular formula is C22H14FNO5S. The Bertz CT molecular complexity index is 1180. The van der Waals surface area contributed by atoms with Gasteiger partial charge in [-0.15, -0.1) is 0 Å². The number of amides is 2. The van der Waals surface area contributed by atoms with Crippen molar-refractivity contribution in [2.75, 3.05) is 0 Å². The number of halogens is 1. The number of rotatable bonds is 5. The maximum absolute atomic E-state index is 13.0. The summed E-state index contributed by atoms with van der Waals surface area (Å²) in [5.41, 5.74) is 1.14. The predicted molar refractivity (Wildman–Crippen MR) is 109 cm³/mol. The molecule has 2 aromatic carbocycles. The molecule has 0 aliphatic carbocycles.